The van der Waals surface area contributed by atoms with Gasteiger partial charge in [-0.25, -0.2) is 4.79 Å². The van der Waals surface area contributed by atoms with E-state index in [-0.39, 0.29) is 5.69 Å². The van der Waals surface area contributed by atoms with Crippen LogP contribution in [0.25, 0.3) is 33.4 Å². The minimum Gasteiger partial charge on any atom is -0.368 e. The second-order valence-electron chi connectivity index (χ2n) is 8.35. The Morgan fingerprint density at radius 2 is 1.87 bits per heavy atom. The molecule has 162 valence electrons. The Kier molecular flexibility index (Phi) is 5.69. The quantitative estimate of drug-likeness (QED) is 0.450. The van der Waals surface area contributed by atoms with Crippen LogP contribution in [0.1, 0.15) is 12.0 Å². The number of aromatic amines is 1. The highest BCUT2D eigenvalue weighted by Crippen LogP contribution is 2.39. The molecule has 0 aliphatic heterocycles. The van der Waals surface area contributed by atoms with E-state index in [1.807, 2.05) is 26.2 Å². The van der Waals surface area contributed by atoms with Gasteiger partial charge in [0, 0.05) is 31.8 Å². The zero-order valence-electron chi connectivity index (χ0n) is 18.9. The molecule has 2 aromatic heterocycles. The molecule has 0 atom stereocenters. The molecule has 4 aromatic rings. The number of fused-ring (bicyclic) bond motifs is 1. The molecule has 31 heavy (non-hydrogen) atoms. The van der Waals surface area contributed by atoms with Crippen LogP contribution < -0.4 is 11.0 Å². The summed E-state index contributed by atoms with van der Waals surface area (Å²) < 4.78 is 3.41. The van der Waals surface area contributed by atoms with Gasteiger partial charge >= 0.3 is 5.69 Å². The van der Waals surface area contributed by atoms with Gasteiger partial charge in [0.05, 0.1) is 22.3 Å². The van der Waals surface area contributed by atoms with E-state index in [1.54, 1.807) is 9.13 Å². The highest BCUT2D eigenvalue weighted by Gasteiger charge is 2.21. The van der Waals surface area contributed by atoms with Gasteiger partial charge in [0.1, 0.15) is 0 Å². The summed E-state index contributed by atoms with van der Waals surface area (Å²) in [5.41, 5.74) is 6.94. The molecule has 0 amide bonds. The van der Waals surface area contributed by atoms with Gasteiger partial charge in [0.15, 0.2) is 5.82 Å². The number of para-hydroxylation sites is 1. The molecule has 0 fully saturated rings. The summed E-state index contributed by atoms with van der Waals surface area (Å²) in [6.07, 6.45) is 1.01. The lowest BCUT2D eigenvalue weighted by molar-refractivity contribution is 0.405. The minimum absolute atomic E-state index is 0.0384. The Hall–Kier alpha value is -3.32. The van der Waals surface area contributed by atoms with E-state index in [0.29, 0.717) is 0 Å². The van der Waals surface area contributed by atoms with Crippen LogP contribution in [-0.2, 0) is 14.1 Å². The van der Waals surface area contributed by atoms with Crippen molar-refractivity contribution in [3.05, 3.63) is 58.5 Å². The molecule has 0 aliphatic carbocycles. The number of H-pyrrole nitrogens is 1. The first-order valence-corrected chi connectivity index (χ1v) is 10.6. The standard InChI is InChI=1S/C24H30N6O/c1-16-9-6-10-17(15-16)21-20(23(27-26-21)25-13-8-14-28(2)3)18-11-7-12-19-22(18)30(5)24(31)29(19)4/h6-7,9-12,15H,8,13-14H2,1-5H3,(H2,25,26,27). The SMILES string of the molecule is Cc1cccc(-c2[nH]nc(NCCCN(C)C)c2-c2cccc3c2n(C)c(=O)n3C)c1. The molecule has 0 unspecified atom stereocenters. The number of rotatable bonds is 7. The first-order chi connectivity index (χ1) is 14.9. The van der Waals surface area contributed by atoms with Crippen molar-refractivity contribution < 1.29 is 0 Å². The number of aryl methyl sites for hydroxylation is 3. The molecule has 2 aromatic carbocycles. The molecule has 0 saturated carbocycles. The molecule has 7 heteroatoms. The Morgan fingerprint density at radius 3 is 2.61 bits per heavy atom. The third kappa shape index (κ3) is 3.88. The average molecular weight is 419 g/mol. The van der Waals surface area contributed by atoms with Gasteiger partial charge < -0.3 is 10.2 Å². The van der Waals surface area contributed by atoms with Crippen LogP contribution in [0.15, 0.2) is 47.3 Å². The maximum absolute atomic E-state index is 12.7. The van der Waals surface area contributed by atoms with Crippen LogP contribution in [-0.4, -0.2) is 51.4 Å². The van der Waals surface area contributed by atoms with Gasteiger partial charge in [-0.1, -0.05) is 35.9 Å². The van der Waals surface area contributed by atoms with Crippen molar-refractivity contribution in [1.82, 2.24) is 24.2 Å². The second kappa shape index (κ2) is 8.43. The normalized spacial score (nSPS) is 11.5. The molecule has 0 saturated heterocycles. The summed E-state index contributed by atoms with van der Waals surface area (Å²) in [7, 11) is 7.79. The van der Waals surface area contributed by atoms with E-state index in [1.165, 1.54) is 5.56 Å². The Morgan fingerprint density at radius 1 is 1.10 bits per heavy atom. The van der Waals surface area contributed by atoms with Crippen molar-refractivity contribution >= 4 is 16.9 Å². The highest BCUT2D eigenvalue weighted by molar-refractivity contribution is 6.00. The molecule has 0 spiro atoms. The molecule has 2 N–H and O–H groups in total. The van der Waals surface area contributed by atoms with Crippen molar-refractivity contribution in [2.45, 2.75) is 13.3 Å². The van der Waals surface area contributed by atoms with Crippen molar-refractivity contribution in [1.29, 1.82) is 0 Å². The van der Waals surface area contributed by atoms with E-state index in [9.17, 15) is 4.79 Å². The van der Waals surface area contributed by atoms with Gasteiger partial charge in [-0.3, -0.25) is 14.2 Å². The van der Waals surface area contributed by atoms with E-state index in [0.717, 1.165) is 58.7 Å². The van der Waals surface area contributed by atoms with Crippen molar-refractivity contribution in [2.24, 2.45) is 14.1 Å². The summed E-state index contributed by atoms with van der Waals surface area (Å²) >= 11 is 0. The van der Waals surface area contributed by atoms with Gasteiger partial charge in [-0.15, -0.1) is 0 Å². The van der Waals surface area contributed by atoms with E-state index in [4.69, 9.17) is 0 Å². The van der Waals surface area contributed by atoms with E-state index < -0.39 is 0 Å². The van der Waals surface area contributed by atoms with E-state index in [2.05, 4.69) is 71.8 Å². The third-order valence-corrected chi connectivity index (χ3v) is 5.70. The van der Waals surface area contributed by atoms with Crippen LogP contribution >= 0.6 is 0 Å². The number of nitrogens with zero attached hydrogens (tertiary/aromatic N) is 4. The minimum atomic E-state index is -0.0384. The Labute approximate surface area is 182 Å². The first kappa shape index (κ1) is 20.9. The van der Waals surface area contributed by atoms with Gasteiger partial charge in [0.2, 0.25) is 0 Å². The predicted octanol–water partition coefficient (Wildman–Crippen LogP) is 3.61. The summed E-state index contributed by atoms with van der Waals surface area (Å²) in [6.45, 7) is 3.90. The number of hydrogen-bond donors (Lipinski definition) is 2. The molecule has 7 nitrogen and oxygen atoms in total. The number of anilines is 1. The Balaban J connectivity index is 1.89. The molecular weight excluding hydrogens is 388 g/mol. The van der Waals surface area contributed by atoms with E-state index >= 15 is 0 Å². The third-order valence-electron chi connectivity index (χ3n) is 5.70. The summed E-state index contributed by atoms with van der Waals surface area (Å²) in [5, 5.41) is 11.4. The predicted molar refractivity (Wildman–Crippen MR) is 128 cm³/mol. The van der Waals surface area contributed by atoms with Crippen molar-refractivity contribution in [2.75, 3.05) is 32.5 Å². The lowest BCUT2D eigenvalue weighted by Crippen LogP contribution is -2.19. The first-order valence-electron chi connectivity index (χ1n) is 10.6. The Bertz CT molecular complexity index is 1280. The highest BCUT2D eigenvalue weighted by atomic mass is 16.1. The van der Waals surface area contributed by atoms with Crippen LogP contribution in [0.5, 0.6) is 0 Å². The molecule has 2 heterocycles. The van der Waals surface area contributed by atoms with Gasteiger partial charge in [-0.05, 0) is 46.1 Å². The van der Waals surface area contributed by atoms with Gasteiger partial charge in [0.25, 0.3) is 0 Å². The molecule has 0 radical (unpaired) electrons. The second-order valence-corrected chi connectivity index (χ2v) is 8.35. The number of hydrogen-bond acceptors (Lipinski definition) is 4. The van der Waals surface area contributed by atoms with Crippen LogP contribution in [0.4, 0.5) is 5.82 Å². The average Bonchev–Trinajstić information content (AvgIpc) is 3.26. The summed E-state index contributed by atoms with van der Waals surface area (Å²) in [6, 6.07) is 14.4. The lowest BCUT2D eigenvalue weighted by Gasteiger charge is -2.12. The maximum atomic E-state index is 12.7. The van der Waals surface area contributed by atoms with Crippen LogP contribution in [0.2, 0.25) is 0 Å². The van der Waals surface area contributed by atoms with Crippen LogP contribution in [0.3, 0.4) is 0 Å². The topological polar surface area (TPSA) is 70.9 Å². The lowest BCUT2D eigenvalue weighted by atomic mass is 9.98. The smallest absolute Gasteiger partial charge is 0.328 e. The fraction of sp³-hybridized carbons (Fsp3) is 0.333. The molecule has 4 rings (SSSR count). The monoisotopic (exact) mass is 418 g/mol. The maximum Gasteiger partial charge on any atom is 0.328 e. The number of nitrogens with one attached hydrogen (secondary N) is 2. The molecular formula is C24H30N6O. The van der Waals surface area contributed by atoms with Crippen molar-refractivity contribution in [3.63, 3.8) is 0 Å². The summed E-state index contributed by atoms with van der Waals surface area (Å²) in [4.78, 5) is 14.8. The van der Waals surface area contributed by atoms with Crippen LogP contribution in [0, 0.1) is 6.92 Å². The summed E-state index contributed by atoms with van der Waals surface area (Å²) in [5.74, 6) is 0.805. The van der Waals surface area contributed by atoms with Gasteiger partial charge in [-0.2, -0.15) is 5.10 Å². The fourth-order valence-electron chi connectivity index (χ4n) is 4.12. The van der Waals surface area contributed by atoms with Crippen molar-refractivity contribution in [3.8, 4) is 22.4 Å². The molecule has 0 aliphatic rings. The zero-order chi connectivity index (χ0) is 22.1. The number of benzene rings is 2. The largest absolute Gasteiger partial charge is 0.368 e. The molecule has 0 bridgehead atoms. The number of imidazole rings is 1. The number of aromatic nitrogens is 4. The zero-order valence-corrected chi connectivity index (χ0v) is 18.9. The fourth-order valence-corrected chi connectivity index (χ4v) is 4.12.